The van der Waals surface area contributed by atoms with Gasteiger partial charge in [-0.3, -0.25) is 0 Å². The van der Waals surface area contributed by atoms with Crippen molar-refractivity contribution in [2.45, 2.75) is 12.5 Å². The Morgan fingerprint density at radius 1 is 1.86 bits per heavy atom. The van der Waals surface area contributed by atoms with Gasteiger partial charge in [0, 0.05) is 5.75 Å². The zero-order chi connectivity index (χ0) is 5.70. The molecule has 1 unspecified atom stereocenters. The molecule has 42 valence electrons. The van der Waals surface area contributed by atoms with E-state index in [2.05, 4.69) is 19.2 Å². The third kappa shape index (κ3) is 3.89. The maximum atomic E-state index is 8.71. The fraction of sp³-hybridized carbons (Fsp3) is 0.600. The van der Waals surface area contributed by atoms with Gasteiger partial charge in [0.25, 0.3) is 0 Å². The van der Waals surface area contributed by atoms with Crippen molar-refractivity contribution in [1.82, 2.24) is 0 Å². The Labute approximate surface area is 49.5 Å². The Bertz CT molecular complexity index is 54.0. The summed E-state index contributed by atoms with van der Waals surface area (Å²) in [4.78, 5) is 0. The SMILES string of the molecule is C=CCC(O)CS. The minimum absolute atomic E-state index is 0.305. The first-order chi connectivity index (χ1) is 3.31. The first kappa shape index (κ1) is 7.05. The highest BCUT2D eigenvalue weighted by Crippen LogP contribution is 1.92. The normalized spacial score (nSPS) is 13.4. The molecule has 0 aromatic rings. The zero-order valence-electron chi connectivity index (χ0n) is 4.17. The van der Waals surface area contributed by atoms with Crippen molar-refractivity contribution in [3.8, 4) is 0 Å². The van der Waals surface area contributed by atoms with Crippen molar-refractivity contribution in [3.05, 3.63) is 12.7 Å². The van der Waals surface area contributed by atoms with E-state index in [0.717, 1.165) is 0 Å². The molecule has 0 saturated heterocycles. The van der Waals surface area contributed by atoms with Gasteiger partial charge in [0.2, 0.25) is 0 Å². The fourth-order valence-corrected chi connectivity index (χ4v) is 0.416. The highest BCUT2D eigenvalue weighted by molar-refractivity contribution is 7.80. The molecule has 0 aliphatic carbocycles. The van der Waals surface area contributed by atoms with Crippen molar-refractivity contribution in [3.63, 3.8) is 0 Å². The third-order valence-electron chi connectivity index (χ3n) is 0.649. The number of aliphatic hydroxyl groups excluding tert-OH is 1. The van der Waals surface area contributed by atoms with Gasteiger partial charge in [-0.25, -0.2) is 0 Å². The van der Waals surface area contributed by atoms with Crippen LogP contribution in [0.1, 0.15) is 6.42 Å². The largest absolute Gasteiger partial charge is 0.392 e. The summed E-state index contributed by atoms with van der Waals surface area (Å²) in [6.07, 6.45) is 2.02. The van der Waals surface area contributed by atoms with E-state index >= 15 is 0 Å². The molecular formula is C5H10OS. The molecule has 2 heteroatoms. The van der Waals surface area contributed by atoms with E-state index < -0.39 is 0 Å². The van der Waals surface area contributed by atoms with Gasteiger partial charge >= 0.3 is 0 Å². The highest BCUT2D eigenvalue weighted by atomic mass is 32.1. The van der Waals surface area contributed by atoms with Gasteiger partial charge in [-0.15, -0.1) is 6.58 Å². The van der Waals surface area contributed by atoms with E-state index in [1.165, 1.54) is 0 Å². The minimum atomic E-state index is -0.305. The number of rotatable bonds is 3. The molecule has 0 heterocycles. The molecule has 0 radical (unpaired) electrons. The van der Waals surface area contributed by atoms with Crippen LogP contribution in [0.3, 0.4) is 0 Å². The maximum absolute atomic E-state index is 8.71. The Kier molecular flexibility index (Phi) is 4.25. The third-order valence-corrected chi connectivity index (χ3v) is 1.07. The highest BCUT2D eigenvalue weighted by Gasteiger charge is 1.93. The van der Waals surface area contributed by atoms with E-state index in [1.54, 1.807) is 6.08 Å². The molecule has 0 aromatic carbocycles. The van der Waals surface area contributed by atoms with Crippen molar-refractivity contribution in [2.75, 3.05) is 5.75 Å². The van der Waals surface area contributed by atoms with Crippen LogP contribution in [-0.4, -0.2) is 17.0 Å². The Morgan fingerprint density at radius 2 is 2.43 bits per heavy atom. The first-order valence-corrected chi connectivity index (χ1v) is 2.84. The van der Waals surface area contributed by atoms with Crippen LogP contribution < -0.4 is 0 Å². The number of hydrogen-bond donors (Lipinski definition) is 2. The van der Waals surface area contributed by atoms with Gasteiger partial charge in [0.15, 0.2) is 0 Å². The van der Waals surface area contributed by atoms with Crippen molar-refractivity contribution in [2.24, 2.45) is 0 Å². The van der Waals surface area contributed by atoms with Crippen LogP contribution in [0.4, 0.5) is 0 Å². The van der Waals surface area contributed by atoms with Crippen molar-refractivity contribution in [1.29, 1.82) is 0 Å². The number of aliphatic hydroxyl groups is 1. The lowest BCUT2D eigenvalue weighted by atomic mass is 10.3. The lowest BCUT2D eigenvalue weighted by Crippen LogP contribution is -2.05. The minimum Gasteiger partial charge on any atom is -0.392 e. The smallest absolute Gasteiger partial charge is 0.0662 e. The molecule has 7 heavy (non-hydrogen) atoms. The lowest BCUT2D eigenvalue weighted by molar-refractivity contribution is 0.203. The van der Waals surface area contributed by atoms with E-state index in [9.17, 15) is 0 Å². The standard InChI is InChI=1S/C5H10OS/c1-2-3-5(6)4-7/h2,5-7H,1,3-4H2. The average Bonchev–Trinajstić information content (AvgIpc) is 1.68. The van der Waals surface area contributed by atoms with Gasteiger partial charge in [0.05, 0.1) is 6.10 Å². The van der Waals surface area contributed by atoms with E-state index in [1.807, 2.05) is 0 Å². The Balaban J connectivity index is 2.98. The molecule has 1 atom stereocenters. The second kappa shape index (κ2) is 4.22. The van der Waals surface area contributed by atoms with Crippen LogP contribution in [0.5, 0.6) is 0 Å². The summed E-state index contributed by atoms with van der Waals surface area (Å²) in [5.74, 6) is 0.520. The summed E-state index contributed by atoms with van der Waals surface area (Å²) in [7, 11) is 0. The second-order valence-corrected chi connectivity index (χ2v) is 1.73. The first-order valence-electron chi connectivity index (χ1n) is 2.21. The van der Waals surface area contributed by atoms with Crippen LogP contribution in [0.15, 0.2) is 12.7 Å². The molecule has 0 bridgehead atoms. The second-order valence-electron chi connectivity index (χ2n) is 1.36. The van der Waals surface area contributed by atoms with Gasteiger partial charge in [-0.1, -0.05) is 6.08 Å². The topological polar surface area (TPSA) is 20.2 Å². The van der Waals surface area contributed by atoms with Crippen LogP contribution >= 0.6 is 12.6 Å². The fourth-order valence-electron chi connectivity index (χ4n) is 0.267. The predicted molar refractivity (Wildman–Crippen MR) is 34.7 cm³/mol. The van der Waals surface area contributed by atoms with Crippen molar-refractivity contribution >= 4 is 12.6 Å². The molecule has 0 aromatic heterocycles. The summed E-state index contributed by atoms with van der Waals surface area (Å²) in [6, 6.07) is 0. The quantitative estimate of drug-likeness (QED) is 0.416. The molecule has 0 aliphatic heterocycles. The van der Waals surface area contributed by atoms with Crippen LogP contribution in [-0.2, 0) is 0 Å². The molecule has 0 aliphatic rings. The van der Waals surface area contributed by atoms with Gasteiger partial charge in [-0.05, 0) is 6.42 Å². The zero-order valence-corrected chi connectivity index (χ0v) is 5.06. The molecule has 0 amide bonds. The van der Waals surface area contributed by atoms with Gasteiger partial charge < -0.3 is 5.11 Å². The van der Waals surface area contributed by atoms with Crippen molar-refractivity contribution < 1.29 is 5.11 Å². The predicted octanol–water partition coefficient (Wildman–Crippen LogP) is 0.853. The molecule has 0 rings (SSSR count). The monoisotopic (exact) mass is 118 g/mol. The molecule has 1 nitrogen and oxygen atoms in total. The molecule has 0 fully saturated rings. The van der Waals surface area contributed by atoms with Gasteiger partial charge in [0.1, 0.15) is 0 Å². The summed E-state index contributed by atoms with van der Waals surface area (Å²) >= 11 is 3.85. The Morgan fingerprint density at radius 3 is 2.57 bits per heavy atom. The Hall–Kier alpha value is 0.0500. The summed E-state index contributed by atoms with van der Waals surface area (Å²) in [6.45, 7) is 3.45. The van der Waals surface area contributed by atoms with E-state index in [-0.39, 0.29) is 6.10 Å². The molecule has 0 spiro atoms. The van der Waals surface area contributed by atoms with Crippen LogP contribution in [0.25, 0.3) is 0 Å². The van der Waals surface area contributed by atoms with Gasteiger partial charge in [-0.2, -0.15) is 12.6 Å². The number of thiol groups is 1. The average molecular weight is 118 g/mol. The summed E-state index contributed by atoms with van der Waals surface area (Å²) in [5.41, 5.74) is 0. The summed E-state index contributed by atoms with van der Waals surface area (Å²) < 4.78 is 0. The molecule has 0 saturated carbocycles. The summed E-state index contributed by atoms with van der Waals surface area (Å²) in [5, 5.41) is 8.71. The van der Waals surface area contributed by atoms with E-state index in [4.69, 9.17) is 5.11 Å². The lowest BCUT2D eigenvalue weighted by Gasteiger charge is -1.98. The van der Waals surface area contributed by atoms with E-state index in [0.29, 0.717) is 12.2 Å². The maximum Gasteiger partial charge on any atom is 0.0662 e. The molecule has 1 N–H and O–H groups in total. The van der Waals surface area contributed by atoms with Crippen LogP contribution in [0.2, 0.25) is 0 Å². The number of hydrogen-bond acceptors (Lipinski definition) is 2. The molecular weight excluding hydrogens is 108 g/mol. The van der Waals surface area contributed by atoms with Crippen LogP contribution in [0, 0.1) is 0 Å².